The van der Waals surface area contributed by atoms with E-state index >= 15 is 0 Å². The van der Waals surface area contributed by atoms with E-state index in [9.17, 15) is 18.4 Å². The van der Waals surface area contributed by atoms with Crippen LogP contribution in [0.1, 0.15) is 30.2 Å². The summed E-state index contributed by atoms with van der Waals surface area (Å²) >= 11 is 1.05. The van der Waals surface area contributed by atoms with Crippen LogP contribution in [-0.4, -0.2) is 21.1 Å². The zero-order valence-electron chi connectivity index (χ0n) is 16.5. The number of thioether (sulfide) groups is 1. The molecular formula is C22H21F2N3O2S. The first-order valence-corrected chi connectivity index (χ1v) is 10.3. The smallest absolute Gasteiger partial charge is 0.255 e. The topological polar surface area (TPSA) is 74.8 Å². The summed E-state index contributed by atoms with van der Waals surface area (Å²) in [4.78, 5) is 32.3. The first-order chi connectivity index (χ1) is 14.4. The predicted octanol–water partition coefficient (Wildman–Crippen LogP) is 4.46. The quantitative estimate of drug-likeness (QED) is 0.430. The highest BCUT2D eigenvalue weighted by Gasteiger charge is 2.22. The molecule has 0 radical (unpaired) electrons. The van der Waals surface area contributed by atoms with Crippen LogP contribution in [0, 0.1) is 18.6 Å². The third-order valence-electron chi connectivity index (χ3n) is 4.55. The first-order valence-electron chi connectivity index (χ1n) is 9.44. The number of nitrogens with one attached hydrogen (secondary N) is 2. The number of carbonyl (C=O) groups excluding carboxylic acids is 1. The zero-order valence-corrected chi connectivity index (χ0v) is 17.4. The van der Waals surface area contributed by atoms with Gasteiger partial charge in [0, 0.05) is 17.7 Å². The number of amides is 1. The van der Waals surface area contributed by atoms with Gasteiger partial charge in [-0.25, -0.2) is 13.8 Å². The molecule has 0 fully saturated rings. The van der Waals surface area contributed by atoms with E-state index < -0.39 is 28.5 Å². The van der Waals surface area contributed by atoms with E-state index in [0.29, 0.717) is 24.1 Å². The fourth-order valence-corrected chi connectivity index (χ4v) is 3.87. The van der Waals surface area contributed by atoms with Gasteiger partial charge < -0.3 is 10.3 Å². The maximum Gasteiger partial charge on any atom is 0.255 e. The van der Waals surface area contributed by atoms with E-state index in [4.69, 9.17) is 0 Å². The molecule has 30 heavy (non-hydrogen) atoms. The molecule has 1 amide bonds. The molecule has 0 aliphatic heterocycles. The Balaban J connectivity index is 1.77. The lowest BCUT2D eigenvalue weighted by molar-refractivity contribution is -0.115. The van der Waals surface area contributed by atoms with E-state index in [1.807, 2.05) is 30.3 Å². The molecule has 0 saturated heterocycles. The number of anilines is 1. The van der Waals surface area contributed by atoms with Crippen molar-refractivity contribution in [2.24, 2.45) is 0 Å². The Morgan fingerprint density at radius 2 is 1.80 bits per heavy atom. The van der Waals surface area contributed by atoms with Gasteiger partial charge in [-0.05, 0) is 31.0 Å². The maximum atomic E-state index is 13.8. The highest BCUT2D eigenvalue weighted by Crippen LogP contribution is 2.25. The molecule has 2 aromatic carbocycles. The molecule has 0 aliphatic carbocycles. The van der Waals surface area contributed by atoms with Gasteiger partial charge in [0.05, 0.1) is 5.25 Å². The Morgan fingerprint density at radius 1 is 1.13 bits per heavy atom. The number of para-hydroxylation sites is 1. The van der Waals surface area contributed by atoms with E-state index in [2.05, 4.69) is 15.3 Å². The minimum atomic E-state index is -0.851. The number of halogens is 2. The number of nitrogens with zero attached hydrogens (tertiary/aromatic N) is 1. The number of aromatic amines is 1. The predicted molar refractivity (Wildman–Crippen MR) is 114 cm³/mol. The fraction of sp³-hybridized carbons (Fsp3) is 0.227. The second kappa shape index (κ2) is 9.67. The Labute approximate surface area is 177 Å². The van der Waals surface area contributed by atoms with Crippen molar-refractivity contribution < 1.29 is 13.6 Å². The summed E-state index contributed by atoms with van der Waals surface area (Å²) in [5.74, 6) is -2.27. The van der Waals surface area contributed by atoms with E-state index in [1.165, 1.54) is 6.07 Å². The van der Waals surface area contributed by atoms with Gasteiger partial charge in [-0.15, -0.1) is 0 Å². The lowest BCUT2D eigenvalue weighted by atomic mass is 10.1. The fourth-order valence-electron chi connectivity index (χ4n) is 2.93. The van der Waals surface area contributed by atoms with Gasteiger partial charge in [0.1, 0.15) is 17.3 Å². The number of aromatic nitrogens is 2. The van der Waals surface area contributed by atoms with E-state index in [1.54, 1.807) is 13.8 Å². The number of rotatable bonds is 7. The number of H-pyrrole nitrogens is 1. The van der Waals surface area contributed by atoms with Crippen LogP contribution in [0.25, 0.3) is 0 Å². The zero-order chi connectivity index (χ0) is 21.7. The van der Waals surface area contributed by atoms with Crippen molar-refractivity contribution in [3.63, 3.8) is 0 Å². The maximum absolute atomic E-state index is 13.8. The van der Waals surface area contributed by atoms with Crippen molar-refractivity contribution >= 4 is 23.4 Å². The summed E-state index contributed by atoms with van der Waals surface area (Å²) in [5.41, 5.74) is 1.35. The molecule has 3 aromatic rings. The molecular weight excluding hydrogens is 408 g/mol. The molecule has 156 valence electrons. The van der Waals surface area contributed by atoms with Crippen LogP contribution in [0.5, 0.6) is 0 Å². The Morgan fingerprint density at radius 3 is 2.40 bits per heavy atom. The molecule has 1 unspecified atom stereocenters. The molecule has 0 aliphatic rings. The number of carbonyl (C=O) groups is 1. The standard InChI is InChI=1S/C22H21F2N3O2S/c1-3-18(21(29)26-19-16(23)10-7-11-17(19)24)30-22-25-13(2)15(20(28)27-22)12-14-8-5-4-6-9-14/h4-11,18H,3,12H2,1-2H3,(H,26,29)(H,25,27,28). The van der Waals surface area contributed by atoms with Crippen LogP contribution in [0.15, 0.2) is 58.5 Å². The lowest BCUT2D eigenvalue weighted by Crippen LogP contribution is -2.27. The average Bonchev–Trinajstić information content (AvgIpc) is 2.72. The Hall–Kier alpha value is -3.00. The third kappa shape index (κ3) is 5.13. The van der Waals surface area contributed by atoms with Gasteiger partial charge in [-0.3, -0.25) is 9.59 Å². The highest BCUT2D eigenvalue weighted by molar-refractivity contribution is 8.00. The summed E-state index contributed by atoms with van der Waals surface area (Å²) in [5, 5.41) is 1.89. The Kier molecular flexibility index (Phi) is 6.99. The second-order valence-corrected chi connectivity index (χ2v) is 7.89. The van der Waals surface area contributed by atoms with Crippen molar-refractivity contribution in [2.45, 2.75) is 37.1 Å². The summed E-state index contributed by atoms with van der Waals surface area (Å²) in [6, 6.07) is 12.9. The van der Waals surface area contributed by atoms with Gasteiger partial charge >= 0.3 is 0 Å². The molecule has 1 atom stereocenters. The molecule has 0 saturated carbocycles. The molecule has 2 N–H and O–H groups in total. The summed E-state index contributed by atoms with van der Waals surface area (Å²) in [6.45, 7) is 3.51. The molecule has 0 spiro atoms. The van der Waals surface area contributed by atoms with Crippen molar-refractivity contribution in [1.29, 1.82) is 0 Å². The van der Waals surface area contributed by atoms with Crippen LogP contribution in [0.4, 0.5) is 14.5 Å². The number of hydrogen-bond donors (Lipinski definition) is 2. The van der Waals surface area contributed by atoms with Gasteiger partial charge in [0.2, 0.25) is 5.91 Å². The SMILES string of the molecule is CCC(Sc1nc(C)c(Cc2ccccc2)c(=O)[nH]1)C(=O)Nc1c(F)cccc1F. The van der Waals surface area contributed by atoms with Crippen molar-refractivity contribution in [3.05, 3.63) is 87.3 Å². The normalized spacial score (nSPS) is 11.9. The van der Waals surface area contributed by atoms with Crippen LogP contribution < -0.4 is 10.9 Å². The first kappa shape index (κ1) is 21.7. The largest absolute Gasteiger partial charge is 0.320 e. The van der Waals surface area contributed by atoms with E-state index in [-0.39, 0.29) is 10.7 Å². The Bertz CT molecular complexity index is 1080. The van der Waals surface area contributed by atoms with Crippen LogP contribution in [0.2, 0.25) is 0 Å². The number of benzene rings is 2. The third-order valence-corrected chi connectivity index (χ3v) is 5.80. The minimum Gasteiger partial charge on any atom is -0.320 e. The summed E-state index contributed by atoms with van der Waals surface area (Å²) in [6.07, 6.45) is 0.825. The van der Waals surface area contributed by atoms with Crippen LogP contribution in [0.3, 0.4) is 0 Å². The monoisotopic (exact) mass is 429 g/mol. The summed E-state index contributed by atoms with van der Waals surface area (Å²) < 4.78 is 27.6. The van der Waals surface area contributed by atoms with Gasteiger partial charge in [0.15, 0.2) is 5.16 Å². The number of hydrogen-bond acceptors (Lipinski definition) is 4. The van der Waals surface area contributed by atoms with Gasteiger partial charge in [0.25, 0.3) is 5.56 Å². The number of aryl methyl sites for hydroxylation is 1. The van der Waals surface area contributed by atoms with Crippen molar-refractivity contribution in [3.8, 4) is 0 Å². The highest BCUT2D eigenvalue weighted by atomic mass is 32.2. The minimum absolute atomic E-state index is 0.274. The van der Waals surface area contributed by atoms with Gasteiger partial charge in [-0.1, -0.05) is 55.1 Å². The van der Waals surface area contributed by atoms with Crippen LogP contribution in [-0.2, 0) is 11.2 Å². The summed E-state index contributed by atoms with van der Waals surface area (Å²) in [7, 11) is 0. The molecule has 1 aromatic heterocycles. The second-order valence-electron chi connectivity index (χ2n) is 6.70. The molecule has 5 nitrogen and oxygen atoms in total. The molecule has 3 rings (SSSR count). The van der Waals surface area contributed by atoms with Gasteiger partial charge in [-0.2, -0.15) is 0 Å². The molecule has 8 heteroatoms. The lowest BCUT2D eigenvalue weighted by Gasteiger charge is -2.15. The van der Waals surface area contributed by atoms with Crippen molar-refractivity contribution in [2.75, 3.05) is 5.32 Å². The van der Waals surface area contributed by atoms with Crippen molar-refractivity contribution in [1.82, 2.24) is 9.97 Å². The average molecular weight is 429 g/mol. The van der Waals surface area contributed by atoms with E-state index in [0.717, 1.165) is 29.5 Å². The van der Waals surface area contributed by atoms with Crippen LogP contribution >= 0.6 is 11.8 Å². The molecule has 0 bridgehead atoms. The molecule has 1 heterocycles.